The SMILES string of the molecule is CCc1ncnc(N2CC3CC(C2)N3C(=O)Nc2ccccc2)c1F. The van der Waals surface area contributed by atoms with E-state index in [2.05, 4.69) is 15.3 Å². The van der Waals surface area contributed by atoms with Crippen LogP contribution in [0, 0.1) is 5.82 Å². The number of piperidine rings is 1. The van der Waals surface area contributed by atoms with Crippen LogP contribution in [0.1, 0.15) is 19.0 Å². The lowest BCUT2D eigenvalue weighted by Crippen LogP contribution is -2.71. The van der Waals surface area contributed by atoms with Crippen LogP contribution in [0.3, 0.4) is 0 Å². The standard InChI is InChI=1S/C18H20FN5O/c1-2-15-16(19)17(21-11-20-15)23-9-13-8-14(10-23)24(13)18(25)22-12-6-4-3-5-7-12/h3-7,11,13-14H,2,8-10H2,1H3,(H,22,25). The highest BCUT2D eigenvalue weighted by molar-refractivity contribution is 5.90. The Kier molecular flexibility index (Phi) is 3.99. The molecule has 2 aromatic rings. The van der Waals surface area contributed by atoms with E-state index in [1.807, 2.05) is 47.1 Å². The van der Waals surface area contributed by atoms with Crippen LogP contribution in [-0.2, 0) is 6.42 Å². The zero-order chi connectivity index (χ0) is 17.4. The van der Waals surface area contributed by atoms with Gasteiger partial charge >= 0.3 is 6.03 Å². The summed E-state index contributed by atoms with van der Waals surface area (Å²) in [5.74, 6) is 0.0104. The largest absolute Gasteiger partial charge is 0.350 e. The molecule has 2 unspecified atom stereocenters. The van der Waals surface area contributed by atoms with Crippen molar-refractivity contribution in [1.82, 2.24) is 14.9 Å². The summed E-state index contributed by atoms with van der Waals surface area (Å²) in [5.41, 5.74) is 1.21. The fourth-order valence-corrected chi connectivity index (χ4v) is 3.69. The van der Waals surface area contributed by atoms with Gasteiger partial charge in [0.2, 0.25) is 0 Å². The predicted molar refractivity (Wildman–Crippen MR) is 93.1 cm³/mol. The Hall–Kier alpha value is -2.70. The summed E-state index contributed by atoms with van der Waals surface area (Å²) in [6, 6.07) is 9.49. The van der Waals surface area contributed by atoms with E-state index in [0.29, 0.717) is 31.0 Å². The summed E-state index contributed by atoms with van der Waals surface area (Å²) < 4.78 is 14.5. The van der Waals surface area contributed by atoms with Gasteiger partial charge in [0.05, 0.1) is 17.8 Å². The number of fused-ring (bicyclic) bond motifs is 2. The number of aromatic nitrogens is 2. The molecular weight excluding hydrogens is 321 g/mol. The fraction of sp³-hybridized carbons (Fsp3) is 0.389. The van der Waals surface area contributed by atoms with E-state index in [9.17, 15) is 9.18 Å². The maximum atomic E-state index is 14.5. The van der Waals surface area contributed by atoms with Crippen molar-refractivity contribution in [1.29, 1.82) is 0 Å². The number of benzene rings is 1. The van der Waals surface area contributed by atoms with Gasteiger partial charge in [-0.3, -0.25) is 0 Å². The number of carbonyl (C=O) groups is 1. The van der Waals surface area contributed by atoms with Gasteiger partial charge in [-0.2, -0.15) is 0 Å². The Morgan fingerprint density at radius 3 is 2.64 bits per heavy atom. The molecular formula is C18H20FN5O. The Labute approximate surface area is 145 Å². The van der Waals surface area contributed by atoms with E-state index in [1.165, 1.54) is 6.33 Å². The number of nitrogens with one attached hydrogen (secondary N) is 1. The van der Waals surface area contributed by atoms with E-state index < -0.39 is 0 Å². The minimum absolute atomic E-state index is 0.0851. The Bertz CT molecular complexity index is 772. The highest BCUT2D eigenvalue weighted by atomic mass is 19.1. The third-order valence-corrected chi connectivity index (χ3v) is 4.93. The first-order chi connectivity index (χ1) is 12.2. The summed E-state index contributed by atoms with van der Waals surface area (Å²) in [6.07, 6.45) is 2.90. The first kappa shape index (κ1) is 15.8. The highest BCUT2D eigenvalue weighted by Crippen LogP contribution is 2.35. The van der Waals surface area contributed by atoms with Crippen LogP contribution >= 0.6 is 0 Å². The number of nitrogens with zero attached hydrogens (tertiary/aromatic N) is 4. The van der Waals surface area contributed by atoms with Crippen molar-refractivity contribution in [3.8, 4) is 0 Å². The molecule has 25 heavy (non-hydrogen) atoms. The van der Waals surface area contributed by atoms with E-state index in [1.54, 1.807) is 0 Å². The Morgan fingerprint density at radius 2 is 1.96 bits per heavy atom. The number of aryl methyl sites for hydroxylation is 1. The minimum Gasteiger partial charge on any atom is -0.350 e. The zero-order valence-electron chi connectivity index (χ0n) is 14.0. The average molecular weight is 341 g/mol. The number of urea groups is 1. The van der Waals surface area contributed by atoms with Crippen LogP contribution in [0.5, 0.6) is 0 Å². The van der Waals surface area contributed by atoms with E-state index in [-0.39, 0.29) is 23.9 Å². The first-order valence-electron chi connectivity index (χ1n) is 8.56. The zero-order valence-corrected chi connectivity index (χ0v) is 14.0. The predicted octanol–water partition coefficient (Wildman–Crippen LogP) is 2.67. The summed E-state index contributed by atoms with van der Waals surface area (Å²) in [6.45, 7) is 3.06. The second kappa shape index (κ2) is 6.31. The molecule has 0 saturated carbocycles. The van der Waals surface area contributed by atoms with Crippen LogP contribution in [0.15, 0.2) is 36.7 Å². The van der Waals surface area contributed by atoms with Crippen molar-refractivity contribution >= 4 is 17.5 Å². The normalized spacial score (nSPS) is 21.7. The molecule has 2 atom stereocenters. The van der Waals surface area contributed by atoms with E-state index >= 15 is 0 Å². The highest BCUT2D eigenvalue weighted by Gasteiger charge is 2.48. The molecule has 4 heterocycles. The molecule has 2 amide bonds. The molecule has 2 bridgehead atoms. The quantitative estimate of drug-likeness (QED) is 0.932. The fourth-order valence-electron chi connectivity index (χ4n) is 3.69. The van der Waals surface area contributed by atoms with Gasteiger partial charge < -0.3 is 15.1 Å². The number of piperazine rings is 1. The van der Waals surface area contributed by atoms with Crippen molar-refractivity contribution in [2.45, 2.75) is 31.8 Å². The second-order valence-electron chi connectivity index (χ2n) is 6.46. The topological polar surface area (TPSA) is 61.4 Å². The maximum Gasteiger partial charge on any atom is 0.322 e. The number of rotatable bonds is 3. The van der Waals surface area contributed by atoms with E-state index in [4.69, 9.17) is 0 Å². The Morgan fingerprint density at radius 1 is 1.24 bits per heavy atom. The average Bonchev–Trinajstić information content (AvgIpc) is 2.62. The number of amides is 2. The molecule has 1 N–H and O–H groups in total. The number of hydrogen-bond donors (Lipinski definition) is 1. The van der Waals surface area contributed by atoms with Crippen molar-refractivity contribution in [2.75, 3.05) is 23.3 Å². The number of hydrogen-bond acceptors (Lipinski definition) is 4. The van der Waals surface area contributed by atoms with Gasteiger partial charge in [-0.05, 0) is 25.0 Å². The summed E-state index contributed by atoms with van der Waals surface area (Å²) in [7, 11) is 0. The number of carbonyl (C=O) groups excluding carboxylic acids is 1. The van der Waals surface area contributed by atoms with Crippen LogP contribution in [0.2, 0.25) is 0 Å². The molecule has 5 rings (SSSR count). The van der Waals surface area contributed by atoms with Gasteiger partial charge in [-0.25, -0.2) is 19.2 Å². The molecule has 130 valence electrons. The third-order valence-electron chi connectivity index (χ3n) is 4.93. The molecule has 0 spiro atoms. The van der Waals surface area contributed by atoms with Crippen molar-refractivity contribution in [3.63, 3.8) is 0 Å². The van der Waals surface area contributed by atoms with Crippen LogP contribution < -0.4 is 10.2 Å². The number of anilines is 2. The molecule has 7 heteroatoms. The smallest absolute Gasteiger partial charge is 0.322 e. The lowest BCUT2D eigenvalue weighted by Gasteiger charge is -2.56. The monoisotopic (exact) mass is 341 g/mol. The van der Waals surface area contributed by atoms with Crippen molar-refractivity contribution in [2.24, 2.45) is 0 Å². The summed E-state index contributed by atoms with van der Waals surface area (Å²) in [5, 5.41) is 2.93. The summed E-state index contributed by atoms with van der Waals surface area (Å²) in [4.78, 5) is 24.4. The number of halogens is 1. The lowest BCUT2D eigenvalue weighted by atomic mass is 9.88. The van der Waals surface area contributed by atoms with Gasteiger partial charge in [0.1, 0.15) is 6.33 Å². The van der Waals surface area contributed by atoms with Gasteiger partial charge in [0.25, 0.3) is 0 Å². The maximum absolute atomic E-state index is 14.5. The second-order valence-corrected chi connectivity index (χ2v) is 6.46. The van der Waals surface area contributed by atoms with Gasteiger partial charge in [0.15, 0.2) is 11.6 Å². The van der Waals surface area contributed by atoms with Crippen molar-refractivity contribution < 1.29 is 9.18 Å². The van der Waals surface area contributed by atoms with Crippen LogP contribution in [0.4, 0.5) is 20.7 Å². The third kappa shape index (κ3) is 2.79. The van der Waals surface area contributed by atoms with Gasteiger partial charge in [-0.1, -0.05) is 25.1 Å². The van der Waals surface area contributed by atoms with Crippen LogP contribution in [-0.4, -0.2) is 46.1 Å². The number of para-hydroxylation sites is 1. The molecule has 3 aliphatic rings. The van der Waals surface area contributed by atoms with Gasteiger partial charge in [0, 0.05) is 18.8 Å². The molecule has 1 aromatic carbocycles. The van der Waals surface area contributed by atoms with E-state index in [0.717, 1.165) is 12.1 Å². The summed E-state index contributed by atoms with van der Waals surface area (Å²) >= 11 is 0. The minimum atomic E-state index is -0.341. The molecule has 0 aliphatic carbocycles. The lowest BCUT2D eigenvalue weighted by molar-refractivity contribution is 0.0434. The first-order valence-corrected chi connectivity index (χ1v) is 8.56. The molecule has 3 fully saturated rings. The molecule has 6 nitrogen and oxygen atoms in total. The van der Waals surface area contributed by atoms with Gasteiger partial charge in [-0.15, -0.1) is 0 Å². The molecule has 1 aromatic heterocycles. The molecule has 0 radical (unpaired) electrons. The Balaban J connectivity index is 1.45. The van der Waals surface area contributed by atoms with Crippen molar-refractivity contribution in [3.05, 3.63) is 48.2 Å². The molecule has 3 saturated heterocycles. The van der Waals surface area contributed by atoms with Crippen LogP contribution in [0.25, 0.3) is 0 Å². The molecule has 3 aliphatic heterocycles.